The summed E-state index contributed by atoms with van der Waals surface area (Å²) in [5.74, 6) is 0.207. The number of benzene rings is 1. The standard InChI is InChI=1S/C18H19ClN2O3S/c1-10(2)24-17(23)15-11(3)20-18-21(14(22)8-9-25-18)16(15)12-4-6-13(19)7-5-12/h4-7,10,16H,8-9H2,1-3H3. The van der Waals surface area contributed by atoms with Gasteiger partial charge in [0, 0.05) is 17.2 Å². The number of amidine groups is 1. The lowest BCUT2D eigenvalue weighted by molar-refractivity contribution is -0.143. The fourth-order valence-electron chi connectivity index (χ4n) is 2.90. The molecule has 0 aromatic heterocycles. The third kappa shape index (κ3) is 3.60. The van der Waals surface area contributed by atoms with E-state index in [2.05, 4.69) is 4.99 Å². The number of ether oxygens (including phenoxy) is 1. The molecule has 1 fully saturated rings. The topological polar surface area (TPSA) is 59.0 Å². The summed E-state index contributed by atoms with van der Waals surface area (Å²) in [4.78, 5) is 31.4. The Labute approximate surface area is 156 Å². The molecule has 1 saturated heterocycles. The Morgan fingerprint density at radius 3 is 2.68 bits per heavy atom. The molecule has 132 valence electrons. The molecule has 25 heavy (non-hydrogen) atoms. The van der Waals surface area contributed by atoms with Gasteiger partial charge >= 0.3 is 5.97 Å². The number of hydrogen-bond acceptors (Lipinski definition) is 5. The molecule has 1 aromatic rings. The van der Waals surface area contributed by atoms with Gasteiger partial charge in [0.2, 0.25) is 5.91 Å². The van der Waals surface area contributed by atoms with E-state index in [-0.39, 0.29) is 12.0 Å². The highest BCUT2D eigenvalue weighted by Gasteiger charge is 2.41. The van der Waals surface area contributed by atoms with Crippen molar-refractivity contribution in [1.82, 2.24) is 4.90 Å². The third-order valence-corrected chi connectivity index (χ3v) is 5.16. The van der Waals surface area contributed by atoms with Crippen molar-refractivity contribution in [1.29, 1.82) is 0 Å². The van der Waals surface area contributed by atoms with Crippen LogP contribution >= 0.6 is 23.4 Å². The fourth-order valence-corrected chi connectivity index (χ4v) is 4.03. The highest BCUT2D eigenvalue weighted by Crippen LogP contribution is 2.40. The molecule has 0 N–H and O–H groups in total. The Morgan fingerprint density at radius 1 is 1.36 bits per heavy atom. The Morgan fingerprint density at radius 2 is 2.04 bits per heavy atom. The molecule has 2 aliphatic heterocycles. The number of halogens is 1. The summed E-state index contributed by atoms with van der Waals surface area (Å²) in [5, 5.41) is 1.23. The summed E-state index contributed by atoms with van der Waals surface area (Å²) in [6, 6.07) is 6.63. The van der Waals surface area contributed by atoms with E-state index >= 15 is 0 Å². The maximum absolute atomic E-state index is 12.7. The average molecular weight is 379 g/mol. The maximum Gasteiger partial charge on any atom is 0.338 e. The van der Waals surface area contributed by atoms with E-state index in [1.165, 1.54) is 11.8 Å². The van der Waals surface area contributed by atoms with E-state index in [0.717, 1.165) is 5.56 Å². The molecular weight excluding hydrogens is 360 g/mol. The minimum absolute atomic E-state index is 0.0419. The second kappa shape index (κ2) is 7.22. The fraction of sp³-hybridized carbons (Fsp3) is 0.389. The number of carbonyl (C=O) groups excluding carboxylic acids is 2. The Bertz CT molecular complexity index is 771. The predicted molar refractivity (Wildman–Crippen MR) is 99.5 cm³/mol. The van der Waals surface area contributed by atoms with E-state index in [4.69, 9.17) is 16.3 Å². The molecule has 1 amide bonds. The van der Waals surface area contributed by atoms with E-state index in [1.54, 1.807) is 37.8 Å². The number of thioether (sulfide) groups is 1. The minimum atomic E-state index is -0.545. The van der Waals surface area contributed by atoms with Crippen molar-refractivity contribution < 1.29 is 14.3 Å². The van der Waals surface area contributed by atoms with Crippen LogP contribution in [0, 0.1) is 0 Å². The van der Waals surface area contributed by atoms with Gasteiger partial charge in [-0.05, 0) is 38.5 Å². The van der Waals surface area contributed by atoms with Gasteiger partial charge in [0.05, 0.1) is 23.4 Å². The zero-order valence-electron chi connectivity index (χ0n) is 14.3. The molecule has 2 heterocycles. The van der Waals surface area contributed by atoms with Crippen LogP contribution in [0.5, 0.6) is 0 Å². The highest BCUT2D eigenvalue weighted by molar-refractivity contribution is 8.14. The SMILES string of the molecule is CC1=C(C(=O)OC(C)C)C(c2ccc(Cl)cc2)N2C(=O)CCSC2=N1. The maximum atomic E-state index is 12.7. The van der Waals surface area contributed by atoms with Crippen molar-refractivity contribution in [3.63, 3.8) is 0 Å². The van der Waals surface area contributed by atoms with Gasteiger partial charge < -0.3 is 4.74 Å². The van der Waals surface area contributed by atoms with Crippen molar-refractivity contribution >= 4 is 40.4 Å². The van der Waals surface area contributed by atoms with Crippen LogP contribution in [0.15, 0.2) is 40.5 Å². The molecule has 0 spiro atoms. The smallest absolute Gasteiger partial charge is 0.338 e. The molecular formula is C18H19ClN2O3S. The number of amides is 1. The first-order chi connectivity index (χ1) is 11.9. The molecule has 0 radical (unpaired) electrons. The van der Waals surface area contributed by atoms with Crippen LogP contribution in [0.1, 0.15) is 38.8 Å². The van der Waals surface area contributed by atoms with Gasteiger partial charge in [-0.25, -0.2) is 9.79 Å². The van der Waals surface area contributed by atoms with Crippen molar-refractivity contribution in [3.8, 4) is 0 Å². The first-order valence-electron chi connectivity index (χ1n) is 8.09. The van der Waals surface area contributed by atoms with Gasteiger partial charge in [0.1, 0.15) is 0 Å². The molecule has 2 aliphatic rings. The molecule has 3 rings (SSSR count). The summed E-state index contributed by atoms with van der Waals surface area (Å²) in [6.07, 6.45) is 0.162. The summed E-state index contributed by atoms with van der Waals surface area (Å²) >= 11 is 7.53. The van der Waals surface area contributed by atoms with Crippen molar-refractivity contribution in [2.45, 2.75) is 39.3 Å². The number of fused-ring (bicyclic) bond motifs is 1. The normalized spacial score (nSPS) is 20.5. The minimum Gasteiger partial charge on any atom is -0.459 e. The quantitative estimate of drug-likeness (QED) is 0.747. The monoisotopic (exact) mass is 378 g/mol. The van der Waals surface area contributed by atoms with Gasteiger partial charge in [-0.3, -0.25) is 9.69 Å². The zero-order valence-corrected chi connectivity index (χ0v) is 15.9. The van der Waals surface area contributed by atoms with Crippen LogP contribution < -0.4 is 0 Å². The van der Waals surface area contributed by atoms with Crippen molar-refractivity contribution in [3.05, 3.63) is 46.1 Å². The number of hydrogen-bond donors (Lipinski definition) is 0. The average Bonchev–Trinajstić information content (AvgIpc) is 2.53. The number of esters is 1. The predicted octanol–water partition coefficient (Wildman–Crippen LogP) is 3.94. The second-order valence-corrected chi connectivity index (χ2v) is 7.66. The number of nitrogens with zero attached hydrogens (tertiary/aromatic N) is 2. The summed E-state index contributed by atoms with van der Waals surface area (Å²) < 4.78 is 5.41. The van der Waals surface area contributed by atoms with Crippen molar-refractivity contribution in [2.75, 3.05) is 5.75 Å². The lowest BCUT2D eigenvalue weighted by Crippen LogP contribution is -2.46. The van der Waals surface area contributed by atoms with Gasteiger partial charge in [0.25, 0.3) is 0 Å². The number of allylic oxidation sites excluding steroid dienone is 1. The van der Waals surface area contributed by atoms with Crippen LogP contribution in [-0.4, -0.2) is 33.8 Å². The van der Waals surface area contributed by atoms with Crippen LogP contribution in [0.2, 0.25) is 5.02 Å². The molecule has 1 atom stereocenters. The van der Waals surface area contributed by atoms with Gasteiger partial charge in [-0.1, -0.05) is 35.5 Å². The van der Waals surface area contributed by atoms with Crippen LogP contribution in [0.4, 0.5) is 0 Å². The highest BCUT2D eigenvalue weighted by atomic mass is 35.5. The number of carbonyl (C=O) groups is 2. The third-order valence-electron chi connectivity index (χ3n) is 3.96. The van der Waals surface area contributed by atoms with E-state index < -0.39 is 12.0 Å². The largest absolute Gasteiger partial charge is 0.459 e. The molecule has 0 bridgehead atoms. The Kier molecular flexibility index (Phi) is 5.20. The van der Waals surface area contributed by atoms with Crippen LogP contribution in [0.25, 0.3) is 0 Å². The van der Waals surface area contributed by atoms with Gasteiger partial charge in [-0.15, -0.1) is 0 Å². The zero-order chi connectivity index (χ0) is 18.1. The lowest BCUT2D eigenvalue weighted by atomic mass is 9.94. The second-order valence-electron chi connectivity index (χ2n) is 6.16. The molecule has 5 nitrogen and oxygen atoms in total. The van der Waals surface area contributed by atoms with Crippen molar-refractivity contribution in [2.24, 2.45) is 4.99 Å². The van der Waals surface area contributed by atoms with E-state index in [9.17, 15) is 9.59 Å². The molecule has 0 saturated carbocycles. The summed E-state index contributed by atoms with van der Waals surface area (Å²) in [7, 11) is 0. The summed E-state index contributed by atoms with van der Waals surface area (Å²) in [5.41, 5.74) is 1.79. The number of aliphatic imine (C=N–C) groups is 1. The van der Waals surface area contributed by atoms with E-state index in [0.29, 0.717) is 33.6 Å². The van der Waals surface area contributed by atoms with Crippen LogP contribution in [0.3, 0.4) is 0 Å². The molecule has 7 heteroatoms. The van der Waals surface area contributed by atoms with Gasteiger partial charge in [0.15, 0.2) is 5.17 Å². The summed E-state index contributed by atoms with van der Waals surface area (Å²) in [6.45, 7) is 5.37. The Hall–Kier alpha value is -1.79. The molecule has 1 aromatic carbocycles. The van der Waals surface area contributed by atoms with Gasteiger partial charge in [-0.2, -0.15) is 0 Å². The first kappa shape index (κ1) is 18.0. The Balaban J connectivity index is 2.12. The van der Waals surface area contributed by atoms with E-state index in [1.807, 2.05) is 12.1 Å². The first-order valence-corrected chi connectivity index (χ1v) is 9.45. The number of rotatable bonds is 3. The molecule has 1 unspecified atom stereocenters. The molecule has 0 aliphatic carbocycles. The van der Waals surface area contributed by atoms with Crippen LogP contribution in [-0.2, 0) is 14.3 Å². The lowest BCUT2D eigenvalue weighted by Gasteiger charge is -2.39.